The Morgan fingerprint density at radius 2 is 1.74 bits per heavy atom. The summed E-state index contributed by atoms with van der Waals surface area (Å²) in [6, 6.07) is 8.20. The zero-order valence-electron chi connectivity index (χ0n) is 11.0. The highest BCUT2D eigenvalue weighted by Crippen LogP contribution is 2.26. The molecule has 0 atom stereocenters. The number of benzene rings is 1. The molecule has 5 heteroatoms. The van der Waals surface area contributed by atoms with Gasteiger partial charge in [-0.05, 0) is 37.1 Å². The van der Waals surface area contributed by atoms with Gasteiger partial charge < -0.3 is 0 Å². The van der Waals surface area contributed by atoms with Crippen molar-refractivity contribution in [2.75, 3.05) is 7.05 Å². The van der Waals surface area contributed by atoms with E-state index in [0.29, 0.717) is 5.56 Å². The summed E-state index contributed by atoms with van der Waals surface area (Å²) in [6.07, 6.45) is 5.26. The van der Waals surface area contributed by atoms with E-state index in [0.717, 1.165) is 25.7 Å². The smallest absolute Gasteiger partial charge is 0.207 e. The highest BCUT2D eigenvalue weighted by Gasteiger charge is 2.28. The predicted molar refractivity (Wildman–Crippen MR) is 73.0 cm³/mol. The Hall–Kier alpha value is -1.38. The van der Waals surface area contributed by atoms with E-state index < -0.39 is 10.0 Å². The molecule has 102 valence electrons. The maximum atomic E-state index is 12.5. The molecule has 1 fully saturated rings. The molecule has 19 heavy (non-hydrogen) atoms. The molecule has 0 radical (unpaired) electrons. The maximum absolute atomic E-state index is 12.5. The van der Waals surface area contributed by atoms with E-state index in [1.807, 2.05) is 6.07 Å². The molecule has 1 aliphatic rings. The summed E-state index contributed by atoms with van der Waals surface area (Å²) in [7, 11) is -1.78. The zero-order valence-corrected chi connectivity index (χ0v) is 11.9. The van der Waals surface area contributed by atoms with Gasteiger partial charge in [-0.2, -0.15) is 9.57 Å². The Balaban J connectivity index is 2.22. The van der Waals surface area contributed by atoms with Crippen molar-refractivity contribution >= 4 is 10.0 Å². The van der Waals surface area contributed by atoms with Gasteiger partial charge >= 0.3 is 0 Å². The summed E-state index contributed by atoms with van der Waals surface area (Å²) in [4.78, 5) is 0.263. The Bertz CT molecular complexity index is 566. The van der Waals surface area contributed by atoms with Gasteiger partial charge in [0.15, 0.2) is 0 Å². The van der Waals surface area contributed by atoms with Gasteiger partial charge in [-0.1, -0.05) is 19.3 Å². The highest BCUT2D eigenvalue weighted by atomic mass is 32.2. The second-order valence-corrected chi connectivity index (χ2v) is 6.95. The maximum Gasteiger partial charge on any atom is 0.243 e. The van der Waals surface area contributed by atoms with E-state index in [1.165, 1.54) is 22.9 Å². The van der Waals surface area contributed by atoms with Crippen LogP contribution in [0.1, 0.15) is 37.7 Å². The van der Waals surface area contributed by atoms with Gasteiger partial charge in [0, 0.05) is 13.1 Å². The van der Waals surface area contributed by atoms with Gasteiger partial charge in [0.25, 0.3) is 0 Å². The second-order valence-electron chi connectivity index (χ2n) is 4.95. The van der Waals surface area contributed by atoms with Crippen LogP contribution in [0.15, 0.2) is 29.2 Å². The summed E-state index contributed by atoms with van der Waals surface area (Å²) in [5.74, 6) is 0. The lowest BCUT2D eigenvalue weighted by Gasteiger charge is -2.30. The Morgan fingerprint density at radius 1 is 1.16 bits per heavy atom. The summed E-state index contributed by atoms with van der Waals surface area (Å²) in [6.45, 7) is 0. The van der Waals surface area contributed by atoms with Crippen LogP contribution in [0.4, 0.5) is 0 Å². The molecule has 0 aromatic heterocycles. The fourth-order valence-corrected chi connectivity index (χ4v) is 3.92. The Labute approximate surface area is 114 Å². The molecule has 0 N–H and O–H groups in total. The van der Waals surface area contributed by atoms with E-state index in [-0.39, 0.29) is 10.9 Å². The number of sulfonamides is 1. The Kier molecular flexibility index (Phi) is 4.23. The fourth-order valence-electron chi connectivity index (χ4n) is 2.51. The van der Waals surface area contributed by atoms with E-state index in [2.05, 4.69) is 0 Å². The molecule has 1 aromatic rings. The number of hydrogen-bond donors (Lipinski definition) is 0. The van der Waals surface area contributed by atoms with E-state index in [1.54, 1.807) is 19.2 Å². The largest absolute Gasteiger partial charge is 0.243 e. The molecule has 0 spiro atoms. The minimum atomic E-state index is -3.44. The van der Waals surface area contributed by atoms with Gasteiger partial charge in [-0.15, -0.1) is 0 Å². The lowest BCUT2D eigenvalue weighted by atomic mass is 9.96. The quantitative estimate of drug-likeness (QED) is 0.853. The molecule has 0 aliphatic heterocycles. The fraction of sp³-hybridized carbons (Fsp3) is 0.500. The molecule has 0 heterocycles. The average Bonchev–Trinajstić information content (AvgIpc) is 2.47. The summed E-state index contributed by atoms with van der Waals surface area (Å²) < 4.78 is 26.4. The third-order valence-electron chi connectivity index (χ3n) is 3.75. The van der Waals surface area contributed by atoms with Crippen LogP contribution in [0.2, 0.25) is 0 Å². The molecular formula is C14H18N2O2S. The number of rotatable bonds is 3. The topological polar surface area (TPSA) is 61.2 Å². The van der Waals surface area contributed by atoms with Gasteiger partial charge in [-0.3, -0.25) is 0 Å². The summed E-state index contributed by atoms with van der Waals surface area (Å²) in [5, 5.41) is 8.73. The summed E-state index contributed by atoms with van der Waals surface area (Å²) in [5.41, 5.74) is 0.472. The molecule has 0 unspecified atom stereocenters. The normalized spacial score (nSPS) is 17.3. The van der Waals surface area contributed by atoms with Crippen LogP contribution >= 0.6 is 0 Å². The van der Waals surface area contributed by atoms with Crippen LogP contribution in [-0.2, 0) is 10.0 Å². The zero-order chi connectivity index (χ0) is 13.9. The minimum Gasteiger partial charge on any atom is -0.207 e. The van der Waals surface area contributed by atoms with Crippen molar-refractivity contribution < 1.29 is 8.42 Å². The van der Waals surface area contributed by atoms with Gasteiger partial charge in [0.2, 0.25) is 10.0 Å². The third-order valence-corrected chi connectivity index (χ3v) is 5.67. The monoisotopic (exact) mass is 278 g/mol. The third kappa shape index (κ3) is 2.96. The number of nitrogens with zero attached hydrogens (tertiary/aromatic N) is 2. The van der Waals surface area contributed by atoms with Crippen molar-refractivity contribution in [2.45, 2.75) is 43.0 Å². The second kappa shape index (κ2) is 5.72. The van der Waals surface area contributed by atoms with Crippen molar-refractivity contribution in [3.8, 4) is 6.07 Å². The van der Waals surface area contributed by atoms with Crippen molar-refractivity contribution in [1.29, 1.82) is 5.26 Å². The van der Waals surface area contributed by atoms with Crippen LogP contribution in [0, 0.1) is 11.3 Å². The van der Waals surface area contributed by atoms with Crippen molar-refractivity contribution in [1.82, 2.24) is 4.31 Å². The lowest BCUT2D eigenvalue weighted by Crippen LogP contribution is -2.38. The van der Waals surface area contributed by atoms with E-state index in [4.69, 9.17) is 5.26 Å². The van der Waals surface area contributed by atoms with E-state index in [9.17, 15) is 8.42 Å². The summed E-state index contributed by atoms with van der Waals surface area (Å²) >= 11 is 0. The molecule has 1 saturated carbocycles. The van der Waals surface area contributed by atoms with Crippen LogP contribution < -0.4 is 0 Å². The van der Waals surface area contributed by atoms with Gasteiger partial charge in [0.1, 0.15) is 0 Å². The van der Waals surface area contributed by atoms with Crippen molar-refractivity contribution in [2.24, 2.45) is 0 Å². The van der Waals surface area contributed by atoms with Crippen LogP contribution in [0.5, 0.6) is 0 Å². The molecule has 4 nitrogen and oxygen atoms in total. The molecule has 1 aromatic carbocycles. The van der Waals surface area contributed by atoms with Crippen LogP contribution in [-0.4, -0.2) is 25.8 Å². The molecule has 0 saturated heterocycles. The highest BCUT2D eigenvalue weighted by molar-refractivity contribution is 7.89. The van der Waals surface area contributed by atoms with Crippen LogP contribution in [0.3, 0.4) is 0 Å². The van der Waals surface area contributed by atoms with Crippen LogP contribution in [0.25, 0.3) is 0 Å². The molecule has 0 bridgehead atoms. The Morgan fingerprint density at radius 3 is 2.26 bits per heavy atom. The average molecular weight is 278 g/mol. The van der Waals surface area contributed by atoms with Gasteiger partial charge in [-0.25, -0.2) is 8.42 Å². The van der Waals surface area contributed by atoms with Crippen molar-refractivity contribution in [3.05, 3.63) is 29.8 Å². The first-order valence-corrected chi connectivity index (χ1v) is 7.98. The first-order chi connectivity index (χ1) is 9.05. The molecule has 1 aliphatic carbocycles. The number of hydrogen-bond acceptors (Lipinski definition) is 3. The standard InChI is InChI=1S/C14H18N2O2S/c1-16(13-5-3-2-4-6-13)19(17,18)14-9-7-12(11-15)8-10-14/h7-10,13H,2-6H2,1H3. The van der Waals surface area contributed by atoms with Gasteiger partial charge in [0.05, 0.1) is 16.5 Å². The van der Waals surface area contributed by atoms with Crippen molar-refractivity contribution in [3.63, 3.8) is 0 Å². The number of nitriles is 1. The first-order valence-electron chi connectivity index (χ1n) is 6.54. The predicted octanol–water partition coefficient (Wildman–Crippen LogP) is 2.51. The molecule has 0 amide bonds. The first kappa shape index (κ1) is 14.0. The minimum absolute atomic E-state index is 0.106. The van der Waals surface area contributed by atoms with E-state index >= 15 is 0 Å². The molecular weight excluding hydrogens is 260 g/mol. The lowest BCUT2D eigenvalue weighted by molar-refractivity contribution is 0.286. The SMILES string of the molecule is CN(C1CCCCC1)S(=O)(=O)c1ccc(C#N)cc1. The molecule has 2 rings (SSSR count).